The number of nitrogens with one attached hydrogen (secondary N) is 1. The van der Waals surface area contributed by atoms with Gasteiger partial charge in [0.2, 0.25) is 0 Å². The van der Waals surface area contributed by atoms with Crippen LogP contribution in [0.3, 0.4) is 0 Å². The molecule has 0 radical (unpaired) electrons. The maximum absolute atomic E-state index is 12.0. The number of carbonyl (C=O) groups is 2. The van der Waals surface area contributed by atoms with Crippen LogP contribution in [-0.2, 0) is 4.79 Å². The van der Waals surface area contributed by atoms with Crippen LogP contribution in [0.5, 0.6) is 0 Å². The maximum atomic E-state index is 12.0. The van der Waals surface area contributed by atoms with Crippen LogP contribution in [-0.4, -0.2) is 22.2 Å². The van der Waals surface area contributed by atoms with Crippen molar-refractivity contribution in [2.45, 2.75) is 0 Å². The number of hydrogen-bond acceptors (Lipinski definition) is 4. The van der Waals surface area contributed by atoms with Gasteiger partial charge in [0, 0.05) is 5.02 Å². The van der Waals surface area contributed by atoms with Gasteiger partial charge in [0.15, 0.2) is 5.17 Å². The Bertz CT molecular complexity index is 876. The van der Waals surface area contributed by atoms with Crippen molar-refractivity contribution in [1.29, 1.82) is 0 Å². The second-order valence-corrected chi connectivity index (χ2v) is 6.36. The summed E-state index contributed by atoms with van der Waals surface area (Å²) in [5.41, 5.74) is 1.46. The molecule has 24 heavy (non-hydrogen) atoms. The topological polar surface area (TPSA) is 78.8 Å². The number of aromatic carboxylic acids is 1. The highest BCUT2D eigenvalue weighted by Crippen LogP contribution is 2.28. The molecule has 1 amide bonds. The molecule has 0 aliphatic carbocycles. The lowest BCUT2D eigenvalue weighted by atomic mass is 10.2. The van der Waals surface area contributed by atoms with Crippen molar-refractivity contribution in [1.82, 2.24) is 5.32 Å². The zero-order chi connectivity index (χ0) is 17.1. The Balaban J connectivity index is 1.82. The van der Waals surface area contributed by atoms with Crippen LogP contribution in [0.4, 0.5) is 5.69 Å². The van der Waals surface area contributed by atoms with Crippen LogP contribution in [0, 0.1) is 0 Å². The monoisotopic (exact) mass is 358 g/mol. The molecular weight excluding hydrogens is 348 g/mol. The normalized spacial score (nSPS) is 17.3. The predicted molar refractivity (Wildman–Crippen MR) is 95.7 cm³/mol. The summed E-state index contributed by atoms with van der Waals surface area (Å²) in [5.74, 6) is -1.27. The number of amidine groups is 1. The third-order valence-corrected chi connectivity index (χ3v) is 4.30. The summed E-state index contributed by atoms with van der Waals surface area (Å²) in [6.07, 6.45) is 1.74. The van der Waals surface area contributed by atoms with Crippen molar-refractivity contribution in [2.24, 2.45) is 4.99 Å². The molecule has 2 aromatic rings. The smallest absolute Gasteiger partial charge is 0.335 e. The van der Waals surface area contributed by atoms with E-state index < -0.39 is 5.97 Å². The van der Waals surface area contributed by atoms with E-state index in [0.717, 1.165) is 5.56 Å². The highest BCUT2D eigenvalue weighted by Gasteiger charge is 2.23. The third kappa shape index (κ3) is 3.84. The number of carbonyl (C=O) groups excluding carboxylic acids is 1. The standard InChI is InChI=1S/C17H11ClN2O3S/c18-12-6-4-10(5-7-12)8-14-15(21)20-17(24-14)19-13-3-1-2-11(9-13)16(22)23/h1-9H,(H,22,23)(H,19,20,21)/b14-8-. The van der Waals surface area contributed by atoms with E-state index in [-0.39, 0.29) is 11.5 Å². The molecule has 7 heteroatoms. The molecule has 0 atom stereocenters. The third-order valence-electron chi connectivity index (χ3n) is 3.14. The minimum atomic E-state index is -1.02. The molecule has 1 saturated heterocycles. The fraction of sp³-hybridized carbons (Fsp3) is 0. The van der Waals surface area contributed by atoms with E-state index in [1.54, 1.807) is 30.3 Å². The number of carboxylic acids is 1. The van der Waals surface area contributed by atoms with Crippen LogP contribution >= 0.6 is 23.4 Å². The fourth-order valence-corrected chi connectivity index (χ4v) is 2.98. The molecule has 1 aliphatic heterocycles. The molecule has 0 spiro atoms. The maximum Gasteiger partial charge on any atom is 0.335 e. The molecule has 2 N–H and O–H groups in total. The van der Waals surface area contributed by atoms with Gasteiger partial charge in [-0.3, -0.25) is 4.79 Å². The first kappa shape index (κ1) is 16.3. The van der Waals surface area contributed by atoms with Gasteiger partial charge in [0.05, 0.1) is 16.2 Å². The fourth-order valence-electron chi connectivity index (χ4n) is 2.02. The van der Waals surface area contributed by atoms with Crippen molar-refractivity contribution in [3.8, 4) is 0 Å². The molecule has 0 aromatic heterocycles. The summed E-state index contributed by atoms with van der Waals surface area (Å²) in [6.45, 7) is 0. The summed E-state index contributed by atoms with van der Waals surface area (Å²) in [6, 6.07) is 13.3. The lowest BCUT2D eigenvalue weighted by Crippen LogP contribution is -2.19. The zero-order valence-electron chi connectivity index (χ0n) is 12.2. The van der Waals surface area contributed by atoms with Crippen molar-refractivity contribution >= 4 is 52.2 Å². The Kier molecular flexibility index (Phi) is 4.69. The Morgan fingerprint density at radius 3 is 2.67 bits per heavy atom. The lowest BCUT2D eigenvalue weighted by Gasteiger charge is -1.98. The molecule has 5 nitrogen and oxygen atoms in total. The summed E-state index contributed by atoms with van der Waals surface area (Å²) >= 11 is 7.04. The minimum Gasteiger partial charge on any atom is -0.478 e. The van der Waals surface area contributed by atoms with Gasteiger partial charge >= 0.3 is 5.97 Å². The zero-order valence-corrected chi connectivity index (χ0v) is 13.8. The van der Waals surface area contributed by atoms with Crippen molar-refractivity contribution in [3.05, 3.63) is 69.6 Å². The van der Waals surface area contributed by atoms with E-state index in [9.17, 15) is 9.59 Å². The summed E-state index contributed by atoms with van der Waals surface area (Å²) < 4.78 is 0. The SMILES string of the molecule is O=C1NC(=Nc2cccc(C(=O)O)c2)S/C1=C\c1ccc(Cl)cc1. The van der Waals surface area contributed by atoms with E-state index in [4.69, 9.17) is 16.7 Å². The number of amides is 1. The van der Waals surface area contributed by atoms with Gasteiger partial charge in [0.25, 0.3) is 5.91 Å². The highest BCUT2D eigenvalue weighted by molar-refractivity contribution is 8.18. The Hall–Kier alpha value is -2.57. The van der Waals surface area contributed by atoms with E-state index in [1.165, 1.54) is 23.9 Å². The summed E-state index contributed by atoms with van der Waals surface area (Å²) in [5, 5.41) is 12.7. The number of rotatable bonds is 3. The van der Waals surface area contributed by atoms with Gasteiger partial charge in [0.1, 0.15) is 0 Å². The average molecular weight is 359 g/mol. The molecule has 3 rings (SSSR count). The number of carboxylic acid groups (broad SMARTS) is 1. The molecule has 1 fully saturated rings. The quantitative estimate of drug-likeness (QED) is 0.815. The number of benzene rings is 2. The van der Waals surface area contributed by atoms with Crippen molar-refractivity contribution in [3.63, 3.8) is 0 Å². The van der Waals surface area contributed by atoms with Crippen LogP contribution < -0.4 is 5.32 Å². The molecule has 1 heterocycles. The Morgan fingerprint density at radius 1 is 1.21 bits per heavy atom. The van der Waals surface area contributed by atoms with Gasteiger partial charge in [-0.1, -0.05) is 29.8 Å². The minimum absolute atomic E-state index is 0.142. The molecule has 0 unspecified atom stereocenters. The number of aliphatic imine (C=N–C) groups is 1. The second kappa shape index (κ2) is 6.90. The molecule has 0 saturated carbocycles. The predicted octanol–water partition coefficient (Wildman–Crippen LogP) is 3.93. The molecule has 1 aliphatic rings. The first-order chi connectivity index (χ1) is 11.5. The Labute approximate surface area is 147 Å². The van der Waals surface area contributed by atoms with Gasteiger partial charge in [-0.05, 0) is 53.7 Å². The van der Waals surface area contributed by atoms with Crippen LogP contribution in [0.1, 0.15) is 15.9 Å². The van der Waals surface area contributed by atoms with E-state index in [1.807, 2.05) is 12.1 Å². The molecule has 0 bridgehead atoms. The second-order valence-electron chi connectivity index (χ2n) is 4.89. The number of halogens is 1. The van der Waals surface area contributed by atoms with Crippen LogP contribution in [0.25, 0.3) is 6.08 Å². The number of nitrogens with zero attached hydrogens (tertiary/aromatic N) is 1. The molecule has 120 valence electrons. The summed E-state index contributed by atoms with van der Waals surface area (Å²) in [7, 11) is 0. The van der Waals surface area contributed by atoms with Crippen LogP contribution in [0.2, 0.25) is 5.02 Å². The summed E-state index contributed by atoms with van der Waals surface area (Å²) in [4.78, 5) is 27.8. The van der Waals surface area contributed by atoms with Crippen LogP contribution in [0.15, 0.2) is 58.4 Å². The van der Waals surface area contributed by atoms with E-state index in [0.29, 0.717) is 20.8 Å². The first-order valence-corrected chi connectivity index (χ1v) is 8.09. The van der Waals surface area contributed by atoms with Crippen molar-refractivity contribution in [2.75, 3.05) is 0 Å². The molecular formula is C17H11ClN2O3S. The number of thioether (sulfide) groups is 1. The first-order valence-electron chi connectivity index (χ1n) is 6.90. The number of hydrogen-bond donors (Lipinski definition) is 2. The van der Waals surface area contributed by atoms with Gasteiger partial charge in [-0.15, -0.1) is 0 Å². The largest absolute Gasteiger partial charge is 0.478 e. The van der Waals surface area contributed by atoms with Gasteiger partial charge < -0.3 is 10.4 Å². The van der Waals surface area contributed by atoms with Crippen molar-refractivity contribution < 1.29 is 14.7 Å². The van der Waals surface area contributed by atoms with Gasteiger partial charge in [-0.25, -0.2) is 9.79 Å². The Morgan fingerprint density at radius 2 is 1.96 bits per heavy atom. The van der Waals surface area contributed by atoms with Gasteiger partial charge in [-0.2, -0.15) is 0 Å². The highest BCUT2D eigenvalue weighted by atomic mass is 35.5. The van der Waals surface area contributed by atoms with E-state index in [2.05, 4.69) is 10.3 Å². The lowest BCUT2D eigenvalue weighted by molar-refractivity contribution is -0.115. The average Bonchev–Trinajstić information content (AvgIpc) is 2.89. The van der Waals surface area contributed by atoms with E-state index >= 15 is 0 Å². The molecule has 2 aromatic carbocycles.